The number of hydrogen-bond donors (Lipinski definition) is 2. The first-order valence-corrected chi connectivity index (χ1v) is 9.23. The van der Waals surface area contributed by atoms with Crippen molar-refractivity contribution >= 4 is 17.5 Å². The number of nitrogens with zero attached hydrogens (tertiary/aromatic N) is 1. The average molecular weight is 427 g/mol. The Hall–Kier alpha value is -4.01. The van der Waals surface area contributed by atoms with Crippen LogP contribution in [-0.2, 0) is 17.9 Å². The van der Waals surface area contributed by atoms with Crippen molar-refractivity contribution in [2.24, 2.45) is 0 Å². The molecule has 0 atom stereocenters. The number of methoxy groups -OCH3 is 1. The van der Waals surface area contributed by atoms with Crippen LogP contribution in [0.15, 0.2) is 65.5 Å². The van der Waals surface area contributed by atoms with E-state index < -0.39 is 35.6 Å². The van der Waals surface area contributed by atoms with E-state index in [9.17, 15) is 23.2 Å². The number of benzene rings is 2. The summed E-state index contributed by atoms with van der Waals surface area (Å²) in [6.07, 6.45) is 0. The summed E-state index contributed by atoms with van der Waals surface area (Å²) in [6.45, 7) is -0.584. The van der Waals surface area contributed by atoms with Gasteiger partial charge in [0.2, 0.25) is 5.91 Å². The van der Waals surface area contributed by atoms with E-state index in [2.05, 4.69) is 10.6 Å². The molecular weight excluding hydrogens is 408 g/mol. The lowest BCUT2D eigenvalue weighted by molar-refractivity contribution is -0.116. The van der Waals surface area contributed by atoms with Crippen LogP contribution < -0.4 is 20.9 Å². The number of anilines is 1. The molecule has 3 rings (SSSR count). The van der Waals surface area contributed by atoms with Crippen LogP contribution in [0.5, 0.6) is 5.75 Å². The first kappa shape index (κ1) is 21.7. The van der Waals surface area contributed by atoms with Gasteiger partial charge in [-0.3, -0.25) is 19.0 Å². The average Bonchev–Trinajstić information content (AvgIpc) is 2.73. The molecule has 0 spiro atoms. The molecule has 9 heteroatoms. The Bertz CT molecular complexity index is 1160. The minimum atomic E-state index is -0.770. The summed E-state index contributed by atoms with van der Waals surface area (Å²) in [4.78, 5) is 37.4. The molecule has 31 heavy (non-hydrogen) atoms. The Labute approximate surface area is 176 Å². The van der Waals surface area contributed by atoms with Crippen LogP contribution in [0.3, 0.4) is 0 Å². The second-order valence-corrected chi connectivity index (χ2v) is 6.54. The number of para-hydroxylation sites is 2. The van der Waals surface area contributed by atoms with E-state index in [4.69, 9.17) is 4.74 Å². The van der Waals surface area contributed by atoms with E-state index >= 15 is 0 Å². The lowest BCUT2D eigenvalue weighted by Gasteiger charge is -2.14. The Morgan fingerprint density at radius 3 is 2.42 bits per heavy atom. The lowest BCUT2D eigenvalue weighted by atomic mass is 10.2. The van der Waals surface area contributed by atoms with Crippen LogP contribution in [0.4, 0.5) is 14.5 Å². The van der Waals surface area contributed by atoms with Gasteiger partial charge in [0.15, 0.2) is 0 Å². The van der Waals surface area contributed by atoms with E-state index in [1.807, 2.05) is 0 Å². The largest absolute Gasteiger partial charge is 0.495 e. The molecule has 3 aromatic rings. The molecule has 0 bridgehead atoms. The Balaban J connectivity index is 1.75. The third-order valence-corrected chi connectivity index (χ3v) is 4.34. The highest BCUT2D eigenvalue weighted by Crippen LogP contribution is 2.22. The number of ether oxygens (including phenoxy) is 1. The Morgan fingerprint density at radius 1 is 1.00 bits per heavy atom. The summed E-state index contributed by atoms with van der Waals surface area (Å²) in [6, 6.07) is 13.6. The fourth-order valence-corrected chi connectivity index (χ4v) is 2.95. The van der Waals surface area contributed by atoms with E-state index in [-0.39, 0.29) is 17.8 Å². The van der Waals surface area contributed by atoms with Crippen molar-refractivity contribution in [1.82, 2.24) is 9.88 Å². The molecule has 7 nitrogen and oxygen atoms in total. The van der Waals surface area contributed by atoms with E-state index in [0.717, 1.165) is 22.8 Å². The zero-order chi connectivity index (χ0) is 22.4. The number of rotatable bonds is 7. The summed E-state index contributed by atoms with van der Waals surface area (Å²) >= 11 is 0. The molecule has 2 N–H and O–H groups in total. The van der Waals surface area contributed by atoms with Crippen molar-refractivity contribution in [2.45, 2.75) is 13.1 Å². The van der Waals surface area contributed by atoms with Gasteiger partial charge in [-0.25, -0.2) is 8.78 Å². The maximum atomic E-state index is 13.3. The van der Waals surface area contributed by atoms with Crippen molar-refractivity contribution in [3.05, 3.63) is 93.9 Å². The minimum Gasteiger partial charge on any atom is -0.495 e. The molecule has 0 saturated heterocycles. The molecule has 0 aliphatic heterocycles. The van der Waals surface area contributed by atoms with Crippen molar-refractivity contribution in [2.75, 3.05) is 12.4 Å². The molecule has 1 aromatic heterocycles. The van der Waals surface area contributed by atoms with Gasteiger partial charge >= 0.3 is 0 Å². The number of hydrogen-bond acceptors (Lipinski definition) is 4. The first-order valence-electron chi connectivity index (χ1n) is 9.23. The molecular formula is C22H19F2N3O4. The van der Waals surface area contributed by atoms with Crippen LogP contribution in [0.2, 0.25) is 0 Å². The number of amides is 2. The standard InChI is InChI=1S/C22H19F2N3O4/c1-31-19-7-3-2-5-17(19)26-20(28)13-27-18(6-4-8-21(27)29)22(30)25-12-14-9-15(23)11-16(24)10-14/h2-11H,12-13H2,1H3,(H,25,30)(H,26,28). The molecule has 0 saturated carbocycles. The van der Waals surface area contributed by atoms with Crippen LogP contribution in [0, 0.1) is 11.6 Å². The molecule has 160 valence electrons. The second kappa shape index (κ2) is 9.66. The summed E-state index contributed by atoms with van der Waals surface area (Å²) in [7, 11) is 1.46. The normalized spacial score (nSPS) is 10.4. The van der Waals surface area contributed by atoms with E-state index in [0.29, 0.717) is 11.4 Å². The van der Waals surface area contributed by atoms with Crippen LogP contribution in [-0.4, -0.2) is 23.5 Å². The smallest absolute Gasteiger partial charge is 0.268 e. The topological polar surface area (TPSA) is 89.4 Å². The summed E-state index contributed by atoms with van der Waals surface area (Å²) in [5.74, 6) is -2.31. The third kappa shape index (κ3) is 5.53. The van der Waals surface area contributed by atoms with Crippen molar-refractivity contribution in [3.8, 4) is 5.75 Å². The van der Waals surface area contributed by atoms with Crippen LogP contribution in [0.1, 0.15) is 16.1 Å². The van der Waals surface area contributed by atoms with Crippen LogP contribution >= 0.6 is 0 Å². The minimum absolute atomic E-state index is 0.0699. The van der Waals surface area contributed by atoms with E-state index in [1.54, 1.807) is 24.3 Å². The molecule has 0 unspecified atom stereocenters. The van der Waals surface area contributed by atoms with Crippen LogP contribution in [0.25, 0.3) is 0 Å². The molecule has 0 fully saturated rings. The molecule has 2 amide bonds. The Kier molecular flexibility index (Phi) is 6.76. The predicted octanol–water partition coefficient (Wildman–Crippen LogP) is 2.70. The fourth-order valence-electron chi connectivity index (χ4n) is 2.95. The molecule has 1 heterocycles. The SMILES string of the molecule is COc1ccccc1NC(=O)Cn1c(C(=O)NCc2cc(F)cc(F)c2)cccc1=O. The molecule has 0 radical (unpaired) electrons. The second-order valence-electron chi connectivity index (χ2n) is 6.54. The first-order chi connectivity index (χ1) is 14.9. The van der Waals surface area contributed by atoms with Gasteiger partial charge in [-0.1, -0.05) is 18.2 Å². The number of aromatic nitrogens is 1. The molecule has 0 aliphatic carbocycles. The number of carbonyl (C=O) groups excluding carboxylic acids is 2. The zero-order valence-electron chi connectivity index (χ0n) is 16.5. The van der Waals surface area contributed by atoms with Crippen molar-refractivity contribution in [3.63, 3.8) is 0 Å². The maximum Gasteiger partial charge on any atom is 0.268 e. The van der Waals surface area contributed by atoms with Gasteiger partial charge in [0.05, 0.1) is 12.8 Å². The number of carbonyl (C=O) groups is 2. The van der Waals surface area contributed by atoms with Gasteiger partial charge in [-0.15, -0.1) is 0 Å². The quantitative estimate of drug-likeness (QED) is 0.607. The van der Waals surface area contributed by atoms with Gasteiger partial charge in [-0.05, 0) is 35.9 Å². The summed E-state index contributed by atoms with van der Waals surface area (Å²) in [5, 5.41) is 5.13. The highest BCUT2D eigenvalue weighted by molar-refractivity contribution is 5.95. The summed E-state index contributed by atoms with van der Waals surface area (Å²) in [5.41, 5.74) is 0.00174. The van der Waals surface area contributed by atoms with Crippen molar-refractivity contribution < 1.29 is 23.1 Å². The zero-order valence-corrected chi connectivity index (χ0v) is 16.5. The highest BCUT2D eigenvalue weighted by Gasteiger charge is 2.16. The predicted molar refractivity (Wildman–Crippen MR) is 110 cm³/mol. The van der Waals surface area contributed by atoms with E-state index in [1.165, 1.54) is 25.3 Å². The van der Waals surface area contributed by atoms with Crippen molar-refractivity contribution in [1.29, 1.82) is 0 Å². The highest BCUT2D eigenvalue weighted by atomic mass is 19.1. The number of nitrogens with one attached hydrogen (secondary N) is 2. The summed E-state index contributed by atoms with van der Waals surface area (Å²) < 4.78 is 32.8. The van der Waals surface area contributed by atoms with Gasteiger partial charge in [0.1, 0.15) is 29.6 Å². The monoisotopic (exact) mass is 427 g/mol. The maximum absolute atomic E-state index is 13.3. The van der Waals surface area contributed by atoms with Gasteiger partial charge < -0.3 is 15.4 Å². The third-order valence-electron chi connectivity index (χ3n) is 4.34. The Morgan fingerprint density at radius 2 is 1.71 bits per heavy atom. The lowest BCUT2D eigenvalue weighted by Crippen LogP contribution is -2.34. The fraction of sp³-hybridized carbons (Fsp3) is 0.136. The molecule has 2 aromatic carbocycles. The number of pyridine rings is 1. The number of halogens is 2. The molecule has 0 aliphatic rings. The van der Waals surface area contributed by atoms with Gasteiger partial charge in [0.25, 0.3) is 11.5 Å². The van der Waals surface area contributed by atoms with Gasteiger partial charge in [-0.2, -0.15) is 0 Å². The van der Waals surface area contributed by atoms with Gasteiger partial charge in [0, 0.05) is 18.7 Å².